The molecule has 0 unspecified atom stereocenters. The summed E-state index contributed by atoms with van der Waals surface area (Å²) in [6, 6.07) is 10.3. The Morgan fingerprint density at radius 3 is 1.16 bits per heavy atom. The van der Waals surface area contributed by atoms with Crippen molar-refractivity contribution in [2.75, 3.05) is 28.4 Å². The summed E-state index contributed by atoms with van der Waals surface area (Å²) in [4.78, 5) is 87.4. The summed E-state index contributed by atoms with van der Waals surface area (Å²) in [5, 5.41) is 12.8. The minimum Gasteiger partial charge on any atom is -0.477 e. The number of halogens is 9. The number of thiophene rings is 6. The molecule has 0 amide bonds. The van der Waals surface area contributed by atoms with E-state index in [0.29, 0.717) is 41.1 Å². The van der Waals surface area contributed by atoms with E-state index >= 15 is 0 Å². The van der Waals surface area contributed by atoms with Gasteiger partial charge >= 0.3 is 54.9 Å². The van der Waals surface area contributed by atoms with Gasteiger partial charge in [0.15, 0.2) is 6.08 Å². The molecular weight excluding hydrogens is 1780 g/mol. The van der Waals surface area contributed by atoms with Crippen molar-refractivity contribution in [2.45, 2.75) is 65.0 Å². The molecule has 0 saturated heterocycles. The van der Waals surface area contributed by atoms with Gasteiger partial charge < -0.3 is 31.0 Å². The molecule has 0 aliphatic carbocycles. The first-order valence-corrected chi connectivity index (χ1v) is 37.2. The number of unbranched alkanes of at least 4 members (excludes halogenated alkanes) is 1. The Labute approximate surface area is 592 Å². The summed E-state index contributed by atoms with van der Waals surface area (Å²) in [5.74, 6) is -2.18. The van der Waals surface area contributed by atoms with Crippen LogP contribution in [0.15, 0.2) is 75.1 Å². The van der Waals surface area contributed by atoms with Gasteiger partial charge in [-0.2, -0.15) is 16.0 Å². The number of thioether (sulfide) groups is 1. The maximum Gasteiger partial charge on any atom is 1.00 e. The van der Waals surface area contributed by atoms with Crippen LogP contribution < -0.4 is 18.9 Å². The fourth-order valence-electron chi connectivity index (χ4n) is 4.26. The van der Waals surface area contributed by atoms with Crippen LogP contribution in [0, 0.1) is 53.2 Å². The maximum atomic E-state index is 11.1. The van der Waals surface area contributed by atoms with Crippen LogP contribution in [-0.2, 0) is 39.2 Å². The number of alkyl halides is 2. The van der Waals surface area contributed by atoms with Gasteiger partial charge in [0, 0.05) is 86.1 Å². The Hall–Kier alpha value is -1.43. The molecule has 82 heavy (non-hydrogen) atoms. The molecule has 6 aromatic heterocycles. The second-order valence-corrected chi connectivity index (χ2v) is 28.0. The number of carbonyl (C=O) groups excluding carboxylic acids is 6. The van der Waals surface area contributed by atoms with E-state index in [4.69, 9.17) is 27.8 Å². The molecule has 31 heteroatoms. The fraction of sp³-hybridized carbons (Fsp3) is 0.275. The van der Waals surface area contributed by atoms with Crippen molar-refractivity contribution in [3.05, 3.63) is 164 Å². The third-order valence-electron chi connectivity index (χ3n) is 8.18. The van der Waals surface area contributed by atoms with Gasteiger partial charge in [-0.25, -0.2) is 33.7 Å². The number of carboxylic acids is 1. The van der Waals surface area contributed by atoms with Crippen LogP contribution in [0.2, 0.25) is 0 Å². The molecule has 6 aromatic rings. The van der Waals surface area contributed by atoms with Gasteiger partial charge in [0.2, 0.25) is 11.4 Å². The molecule has 440 valence electrons. The molecule has 7 rings (SSSR count). The monoisotopic (exact) mass is 1820 g/mol. The summed E-state index contributed by atoms with van der Waals surface area (Å²) < 4.78 is 23.4. The van der Waals surface area contributed by atoms with Crippen LogP contribution in [0.5, 0.6) is 0 Å². The number of hydrogen-bond donors (Lipinski definition) is 1. The summed E-state index contributed by atoms with van der Waals surface area (Å²) in [6.45, 7) is 29.1. The van der Waals surface area contributed by atoms with Crippen molar-refractivity contribution < 1.29 is 76.5 Å². The molecule has 1 aliphatic heterocycles. The molecule has 1 N–H and O–H groups in total. The molecule has 0 fully saturated rings. The van der Waals surface area contributed by atoms with E-state index in [9.17, 15) is 24.0 Å². The van der Waals surface area contributed by atoms with Gasteiger partial charge in [-0.3, -0.25) is 0 Å². The molecule has 0 aromatic carbocycles. The number of aryl methyl sites for hydroxylation is 4. The number of hydrogen-bond acceptors (Lipinski definition) is 18. The maximum absolute atomic E-state index is 11.1. The number of carbonyl (C=O) groups is 5. The molecule has 1 aliphatic rings. The van der Waals surface area contributed by atoms with Crippen molar-refractivity contribution in [3.63, 3.8) is 0 Å². The molecule has 0 bridgehead atoms. The van der Waals surface area contributed by atoms with Crippen LogP contribution >= 0.6 is 220 Å². The standard InChI is InChI=1S/C8H6BrNO2S.C8H7NO2S.C7H6Br2O2S.C7H7BrO2S.C6H5BrO2S.C5H4Br2S.C5H5S.C4H9.CO2.Br2.Li/c1-10-5-3-6(8(11)12-2)13-7(5)4-9;1-5-6(9-2)4-7(12-5)8(10)11-3;1-11-7(10)5-2-4(9)6(3-8)12-5;1-4-5(8)3-6(11-4)7(9)10-2;1-3-4(7)2-5(10-3)6(8)9;1-3-4(6)2-5(7)8-3;1-5-3-2-4-6-5;1-3-4-2;2-1-3;1-2;/h3H,4H2,2H3;4H,1,3H3;2H,3H2,1H3;3H,1-2H3;2H,1H3,(H,8,9);2H,1H3;2-3H,1H3;1,3-4H2,2H3;;;/q;;;;;;+1;-1;;;+1. The number of esters is 4. The molecule has 14 nitrogen and oxygen atoms in total. The van der Waals surface area contributed by atoms with E-state index in [1.54, 1.807) is 53.4 Å². The fourth-order valence-corrected chi connectivity index (χ4v) is 15.0. The summed E-state index contributed by atoms with van der Waals surface area (Å²) in [7, 11) is 5.41. The zero-order valence-electron chi connectivity index (χ0n) is 45.2. The van der Waals surface area contributed by atoms with Gasteiger partial charge in [-0.15, -0.1) is 68.0 Å². The smallest absolute Gasteiger partial charge is 0.477 e. The van der Waals surface area contributed by atoms with Crippen LogP contribution in [0.1, 0.15) is 104 Å². The minimum atomic E-state index is -0.862. The van der Waals surface area contributed by atoms with E-state index in [0.717, 1.165) is 49.6 Å². The van der Waals surface area contributed by atoms with E-state index < -0.39 is 5.97 Å². The Morgan fingerprint density at radius 2 is 0.927 bits per heavy atom. The molecule has 0 saturated carbocycles. The number of aromatic carboxylic acids is 1. The summed E-state index contributed by atoms with van der Waals surface area (Å²) in [6.07, 6.45) is 6.50. The predicted molar refractivity (Wildman–Crippen MR) is 366 cm³/mol. The van der Waals surface area contributed by atoms with E-state index in [-0.39, 0.29) is 48.9 Å². The first kappa shape index (κ1) is 87.0. The molecular formula is C51H49Br9LiN2O12S7+. The van der Waals surface area contributed by atoms with Gasteiger partial charge in [-0.1, -0.05) is 45.2 Å². The van der Waals surface area contributed by atoms with Gasteiger partial charge in [0.25, 0.3) is 0 Å². The van der Waals surface area contributed by atoms with E-state index in [1.165, 1.54) is 110 Å². The van der Waals surface area contributed by atoms with Crippen LogP contribution in [0.25, 0.3) is 9.69 Å². The minimum absolute atomic E-state index is 0. The van der Waals surface area contributed by atoms with E-state index in [2.05, 4.69) is 208 Å². The topological polar surface area (TPSA) is 185 Å². The van der Waals surface area contributed by atoms with Gasteiger partial charge in [0.05, 0.1) is 68.1 Å². The van der Waals surface area contributed by atoms with Crippen LogP contribution in [0.4, 0.5) is 11.4 Å². The van der Waals surface area contributed by atoms with Crippen molar-refractivity contribution in [1.29, 1.82) is 0 Å². The SMILES string of the molecule is BrBr.CC1=CC=[C+]S1.COC(=O)c1cc(Br)c(C)s1.COC(=O)c1cc(Br)c(CBr)s1.Cc1sc(Br)cc1Br.Cc1sc(C(=O)O)cc1Br.O=C=O.[C-]#[N+]c1cc(C(=O)OC)sc1C.[C-]#[N+]c1cc(C(=O)OC)sc1CBr.[CH2-]CCC.[Li+]. The third kappa shape index (κ3) is 36.0. The average molecular weight is 1830 g/mol. The van der Waals surface area contributed by atoms with Crippen LogP contribution in [-0.4, -0.2) is 69.5 Å². The number of allylic oxidation sites excluding steroid dienone is 3. The second kappa shape index (κ2) is 51.6. The first-order chi connectivity index (χ1) is 38.3. The Balaban J connectivity index is -0.000000424. The van der Waals surface area contributed by atoms with Crippen molar-refractivity contribution in [1.82, 2.24) is 0 Å². The van der Waals surface area contributed by atoms with Gasteiger partial charge in [0.1, 0.15) is 29.8 Å². The largest absolute Gasteiger partial charge is 1.00 e. The van der Waals surface area contributed by atoms with Crippen molar-refractivity contribution in [3.8, 4) is 0 Å². The van der Waals surface area contributed by atoms with Gasteiger partial charge in [-0.05, 0) is 151 Å². The third-order valence-corrected chi connectivity index (χ3v) is 21.8. The number of carboxylic acid groups (broad SMARTS) is 1. The number of ether oxygens (including phenoxy) is 4. The molecule has 7 heterocycles. The quantitative estimate of drug-likeness (QED) is 0.0499. The van der Waals surface area contributed by atoms with Crippen LogP contribution in [0.3, 0.4) is 0 Å². The Bertz CT molecular complexity index is 3030. The molecule has 0 radical (unpaired) electrons. The summed E-state index contributed by atoms with van der Waals surface area (Å²) >= 11 is 38.8. The predicted octanol–water partition coefficient (Wildman–Crippen LogP) is 19.0. The zero-order chi connectivity index (χ0) is 62.9. The molecule has 0 spiro atoms. The molecule has 0 atom stereocenters. The number of rotatable bonds is 8. The number of nitrogens with zero attached hydrogens (tertiary/aromatic N) is 2. The second-order valence-electron chi connectivity index (χ2n) is 13.7. The first-order valence-electron chi connectivity index (χ1n) is 21.5. The Morgan fingerprint density at radius 1 is 0.585 bits per heavy atom. The number of methoxy groups -OCH3 is 4. The normalized spacial score (nSPS) is 9.51. The average Bonchev–Trinajstić information content (AvgIpc) is 4.37. The van der Waals surface area contributed by atoms with E-state index in [1.807, 2.05) is 32.9 Å². The Kier molecular flexibility index (Phi) is 54.7. The van der Waals surface area contributed by atoms with Crippen molar-refractivity contribution in [2.24, 2.45) is 0 Å². The zero-order valence-corrected chi connectivity index (χ0v) is 65.2. The summed E-state index contributed by atoms with van der Waals surface area (Å²) in [5.41, 5.74) is 1.04. The van der Waals surface area contributed by atoms with Crippen molar-refractivity contribution >= 4 is 267 Å².